The number of anilines is 1. The number of benzene rings is 1. The Morgan fingerprint density at radius 1 is 1.22 bits per heavy atom. The van der Waals surface area contributed by atoms with E-state index in [1.807, 2.05) is 12.1 Å². The number of aromatic carboxylic acids is 1. The van der Waals surface area contributed by atoms with Crippen LogP contribution in [0.15, 0.2) is 33.5 Å². The first-order chi connectivity index (χ1) is 12.7. The fourth-order valence-electron chi connectivity index (χ4n) is 3.97. The average molecular weight is 366 g/mol. The van der Waals surface area contributed by atoms with Gasteiger partial charge in [-0.25, -0.2) is 4.79 Å². The van der Waals surface area contributed by atoms with Gasteiger partial charge in [-0.3, -0.25) is 4.79 Å². The molecule has 27 heavy (non-hydrogen) atoms. The van der Waals surface area contributed by atoms with E-state index < -0.39 is 5.97 Å². The van der Waals surface area contributed by atoms with Crippen LogP contribution in [0, 0.1) is 5.41 Å². The second-order valence-corrected chi connectivity index (χ2v) is 8.20. The molecule has 0 saturated heterocycles. The van der Waals surface area contributed by atoms with Gasteiger partial charge in [0.15, 0.2) is 0 Å². The summed E-state index contributed by atoms with van der Waals surface area (Å²) in [6, 6.07) is 6.95. The van der Waals surface area contributed by atoms with Crippen LogP contribution in [0.25, 0.3) is 22.1 Å². The number of rotatable bonds is 2. The van der Waals surface area contributed by atoms with Crippen LogP contribution in [0.1, 0.15) is 61.4 Å². The average Bonchev–Trinajstić information content (AvgIpc) is 2.61. The number of carboxylic acid groups (broad SMARTS) is 1. The molecular weight excluding hydrogens is 344 g/mol. The Labute approximate surface area is 156 Å². The fraction of sp³-hybridized carbons (Fsp3) is 0.381. The van der Waals surface area contributed by atoms with Gasteiger partial charge in [0.1, 0.15) is 17.0 Å². The maximum absolute atomic E-state index is 13.0. The topological polar surface area (TPSA) is 106 Å². The number of fused-ring (bicyclic) bond motifs is 2. The highest BCUT2D eigenvalue weighted by molar-refractivity contribution is 5.98. The highest BCUT2D eigenvalue weighted by atomic mass is 16.4. The molecule has 1 saturated carbocycles. The van der Waals surface area contributed by atoms with Crippen LogP contribution >= 0.6 is 0 Å². The maximum Gasteiger partial charge on any atom is 0.339 e. The van der Waals surface area contributed by atoms with E-state index in [-0.39, 0.29) is 27.9 Å². The summed E-state index contributed by atoms with van der Waals surface area (Å²) in [7, 11) is 0. The second kappa shape index (κ2) is 6.08. The summed E-state index contributed by atoms with van der Waals surface area (Å²) in [4.78, 5) is 28.2. The Hall–Kier alpha value is -2.89. The summed E-state index contributed by atoms with van der Waals surface area (Å²) in [6.07, 6.45) is 4.51. The largest absolute Gasteiger partial charge is 0.478 e. The van der Waals surface area contributed by atoms with Crippen molar-refractivity contribution >= 4 is 33.9 Å². The van der Waals surface area contributed by atoms with Gasteiger partial charge in [-0.2, -0.15) is 4.98 Å². The number of carboxylic acids is 1. The second-order valence-electron chi connectivity index (χ2n) is 8.20. The molecule has 6 heteroatoms. The van der Waals surface area contributed by atoms with Crippen molar-refractivity contribution in [2.45, 2.75) is 45.4 Å². The van der Waals surface area contributed by atoms with Crippen molar-refractivity contribution in [1.29, 1.82) is 0 Å². The Morgan fingerprint density at radius 2 is 1.93 bits per heavy atom. The van der Waals surface area contributed by atoms with Crippen LogP contribution < -0.4 is 11.2 Å². The lowest BCUT2D eigenvalue weighted by atomic mass is 9.71. The molecule has 3 N–H and O–H groups in total. The lowest BCUT2D eigenvalue weighted by Gasteiger charge is -2.34. The minimum Gasteiger partial charge on any atom is -0.478 e. The van der Waals surface area contributed by atoms with Gasteiger partial charge in [0, 0.05) is 0 Å². The monoisotopic (exact) mass is 366 g/mol. The zero-order valence-electron chi connectivity index (χ0n) is 15.4. The van der Waals surface area contributed by atoms with Gasteiger partial charge >= 0.3 is 5.97 Å². The van der Waals surface area contributed by atoms with Crippen molar-refractivity contribution in [2.24, 2.45) is 5.41 Å². The first kappa shape index (κ1) is 17.5. The predicted octanol–water partition coefficient (Wildman–Crippen LogP) is 4.31. The number of pyridine rings is 1. The van der Waals surface area contributed by atoms with E-state index in [0.717, 1.165) is 31.2 Å². The van der Waals surface area contributed by atoms with E-state index in [2.05, 4.69) is 18.8 Å². The van der Waals surface area contributed by atoms with Gasteiger partial charge in [0.25, 0.3) is 0 Å². The van der Waals surface area contributed by atoms with Gasteiger partial charge in [-0.1, -0.05) is 19.9 Å². The summed E-state index contributed by atoms with van der Waals surface area (Å²) in [5.41, 5.74) is 7.20. The first-order valence-corrected chi connectivity index (χ1v) is 9.15. The highest BCUT2D eigenvalue weighted by Gasteiger charge is 2.28. The Kier molecular flexibility index (Phi) is 3.94. The summed E-state index contributed by atoms with van der Waals surface area (Å²) in [5.74, 6) is -0.962. The minimum atomic E-state index is -1.22. The number of hydrogen-bond donors (Lipinski definition) is 2. The van der Waals surface area contributed by atoms with Gasteiger partial charge in [0.05, 0.1) is 10.8 Å². The molecule has 6 nitrogen and oxygen atoms in total. The Bertz CT molecular complexity index is 1120. The third kappa shape index (κ3) is 3.05. The summed E-state index contributed by atoms with van der Waals surface area (Å²) in [5, 5.41) is 9.82. The van der Waals surface area contributed by atoms with Crippen LogP contribution in [0.2, 0.25) is 0 Å². The standard InChI is InChI=1S/C21H22N2O4/c1-21(2)7-5-11(6-8-21)12-3-4-16-13(9-12)17(24)14-10-15(20(25)26)18(22)23-19(14)27-16/h3-4,9-11H,5-8H2,1-2H3,(H2,22,23)(H,25,26). The molecule has 1 aromatic carbocycles. The van der Waals surface area contributed by atoms with Crippen LogP contribution in [-0.4, -0.2) is 16.1 Å². The molecule has 0 unspecified atom stereocenters. The van der Waals surface area contributed by atoms with Crippen LogP contribution in [0.4, 0.5) is 5.82 Å². The lowest BCUT2D eigenvalue weighted by molar-refractivity contribution is 0.0698. The molecule has 4 rings (SSSR count). The highest BCUT2D eigenvalue weighted by Crippen LogP contribution is 2.42. The van der Waals surface area contributed by atoms with Crippen molar-refractivity contribution in [3.8, 4) is 0 Å². The third-order valence-electron chi connectivity index (χ3n) is 5.76. The van der Waals surface area contributed by atoms with Crippen molar-refractivity contribution in [3.63, 3.8) is 0 Å². The Balaban J connectivity index is 1.84. The van der Waals surface area contributed by atoms with Crippen molar-refractivity contribution in [1.82, 2.24) is 4.98 Å². The van der Waals surface area contributed by atoms with Crippen molar-refractivity contribution < 1.29 is 14.3 Å². The Morgan fingerprint density at radius 3 is 2.59 bits per heavy atom. The molecule has 3 aromatic rings. The molecule has 0 amide bonds. The summed E-state index contributed by atoms with van der Waals surface area (Å²) >= 11 is 0. The SMILES string of the molecule is CC1(C)CCC(c2ccc3oc4nc(N)c(C(=O)O)cc4c(=O)c3c2)CC1. The fourth-order valence-corrected chi connectivity index (χ4v) is 3.97. The van der Waals surface area contributed by atoms with E-state index in [1.54, 1.807) is 6.07 Å². The number of nitrogens with two attached hydrogens (primary N) is 1. The molecule has 2 heterocycles. The van der Waals surface area contributed by atoms with Gasteiger partial charge in [0.2, 0.25) is 11.1 Å². The predicted molar refractivity (Wildman–Crippen MR) is 104 cm³/mol. The molecule has 0 bridgehead atoms. The van der Waals surface area contributed by atoms with E-state index in [4.69, 9.17) is 10.2 Å². The number of aromatic nitrogens is 1. The molecular formula is C21H22N2O4. The van der Waals surface area contributed by atoms with Crippen molar-refractivity contribution in [2.75, 3.05) is 5.73 Å². The molecule has 0 spiro atoms. The zero-order chi connectivity index (χ0) is 19.3. The smallest absolute Gasteiger partial charge is 0.339 e. The van der Waals surface area contributed by atoms with E-state index in [0.29, 0.717) is 22.3 Å². The van der Waals surface area contributed by atoms with Gasteiger partial charge < -0.3 is 15.3 Å². The van der Waals surface area contributed by atoms with Crippen molar-refractivity contribution in [3.05, 3.63) is 45.6 Å². The molecule has 1 fully saturated rings. The molecule has 2 aromatic heterocycles. The number of nitrogens with zero attached hydrogens (tertiary/aromatic N) is 1. The normalized spacial score (nSPS) is 17.4. The third-order valence-corrected chi connectivity index (χ3v) is 5.76. The maximum atomic E-state index is 13.0. The molecule has 1 aliphatic rings. The molecule has 140 valence electrons. The first-order valence-electron chi connectivity index (χ1n) is 9.15. The molecule has 0 aliphatic heterocycles. The number of nitrogen functional groups attached to an aromatic ring is 1. The minimum absolute atomic E-state index is 0.0576. The summed E-state index contributed by atoms with van der Waals surface area (Å²) in [6.45, 7) is 4.59. The van der Waals surface area contributed by atoms with Gasteiger partial charge in [-0.15, -0.1) is 0 Å². The molecule has 0 atom stereocenters. The number of hydrogen-bond acceptors (Lipinski definition) is 5. The van der Waals surface area contributed by atoms with Gasteiger partial charge in [-0.05, 0) is 60.8 Å². The van der Waals surface area contributed by atoms with E-state index in [9.17, 15) is 14.7 Å². The lowest BCUT2D eigenvalue weighted by Crippen LogP contribution is -2.20. The molecule has 0 radical (unpaired) electrons. The van der Waals surface area contributed by atoms with Crippen LogP contribution in [0.3, 0.4) is 0 Å². The quantitative estimate of drug-likeness (QED) is 0.655. The van der Waals surface area contributed by atoms with E-state index >= 15 is 0 Å². The zero-order valence-corrected chi connectivity index (χ0v) is 15.4. The van der Waals surface area contributed by atoms with Crippen LogP contribution in [0.5, 0.6) is 0 Å². The van der Waals surface area contributed by atoms with E-state index in [1.165, 1.54) is 6.07 Å². The summed E-state index contributed by atoms with van der Waals surface area (Å²) < 4.78 is 5.73. The molecule has 1 aliphatic carbocycles. The van der Waals surface area contributed by atoms with Crippen LogP contribution in [-0.2, 0) is 0 Å². The number of carbonyl (C=O) groups is 1.